The minimum Gasteiger partial charge on any atom is -0.359 e. The number of nitrogens with zero attached hydrogens (tertiary/aromatic N) is 3. The quantitative estimate of drug-likeness (QED) is 0.809. The van der Waals surface area contributed by atoms with Gasteiger partial charge in [0.15, 0.2) is 0 Å². The van der Waals surface area contributed by atoms with Crippen molar-refractivity contribution in [2.24, 2.45) is 5.92 Å². The fourth-order valence-electron chi connectivity index (χ4n) is 2.31. The monoisotopic (exact) mass is 208 g/mol. The standard InChI is InChI=1S/C11H20N4/c1-3-14-6-4-10(8-14)9-15-7-5-13-11(15)12-2/h5,7,10H,3-4,6,8-9H2,1-2H3,(H,12,13). The maximum atomic E-state index is 4.25. The van der Waals surface area contributed by atoms with E-state index < -0.39 is 0 Å². The van der Waals surface area contributed by atoms with Gasteiger partial charge < -0.3 is 14.8 Å². The molecular formula is C11H20N4. The molecule has 15 heavy (non-hydrogen) atoms. The Morgan fingerprint density at radius 3 is 3.13 bits per heavy atom. The van der Waals surface area contributed by atoms with Crippen LogP contribution in [0.4, 0.5) is 5.95 Å². The van der Waals surface area contributed by atoms with E-state index in [4.69, 9.17) is 0 Å². The average Bonchev–Trinajstić information content (AvgIpc) is 2.87. The lowest BCUT2D eigenvalue weighted by Gasteiger charge is -2.14. The van der Waals surface area contributed by atoms with Crippen LogP contribution in [0, 0.1) is 5.92 Å². The third-order valence-corrected chi connectivity index (χ3v) is 3.21. The van der Waals surface area contributed by atoms with Crippen LogP contribution >= 0.6 is 0 Å². The first-order chi connectivity index (χ1) is 7.33. The summed E-state index contributed by atoms with van der Waals surface area (Å²) in [6.45, 7) is 6.99. The van der Waals surface area contributed by atoms with E-state index in [1.54, 1.807) is 0 Å². The molecule has 84 valence electrons. The molecule has 0 spiro atoms. The van der Waals surface area contributed by atoms with Gasteiger partial charge in [-0.1, -0.05) is 6.92 Å². The maximum absolute atomic E-state index is 4.25. The Hall–Kier alpha value is -1.03. The van der Waals surface area contributed by atoms with Gasteiger partial charge in [-0.3, -0.25) is 0 Å². The van der Waals surface area contributed by atoms with E-state index in [2.05, 4.69) is 32.9 Å². The molecule has 1 unspecified atom stereocenters. The fraction of sp³-hybridized carbons (Fsp3) is 0.727. The lowest BCUT2D eigenvalue weighted by molar-refractivity contribution is 0.333. The number of hydrogen-bond donors (Lipinski definition) is 1. The van der Waals surface area contributed by atoms with Crippen LogP contribution in [0.5, 0.6) is 0 Å². The van der Waals surface area contributed by atoms with Gasteiger partial charge in [0, 0.05) is 32.5 Å². The second-order valence-electron chi connectivity index (χ2n) is 4.20. The van der Waals surface area contributed by atoms with Crippen molar-refractivity contribution in [3.63, 3.8) is 0 Å². The number of nitrogens with one attached hydrogen (secondary N) is 1. The molecule has 4 nitrogen and oxygen atoms in total. The van der Waals surface area contributed by atoms with Crippen molar-refractivity contribution in [2.45, 2.75) is 19.9 Å². The van der Waals surface area contributed by atoms with Gasteiger partial charge in [0.2, 0.25) is 5.95 Å². The highest BCUT2D eigenvalue weighted by Crippen LogP contribution is 2.19. The van der Waals surface area contributed by atoms with Crippen LogP contribution in [-0.4, -0.2) is 41.1 Å². The normalized spacial score (nSPS) is 22.1. The number of anilines is 1. The van der Waals surface area contributed by atoms with Crippen LogP contribution in [-0.2, 0) is 6.54 Å². The highest BCUT2D eigenvalue weighted by Gasteiger charge is 2.21. The molecule has 2 rings (SSSR count). The van der Waals surface area contributed by atoms with Gasteiger partial charge in [0.05, 0.1) is 0 Å². The molecule has 1 fully saturated rings. The van der Waals surface area contributed by atoms with Crippen molar-refractivity contribution in [1.29, 1.82) is 0 Å². The molecule has 1 aromatic heterocycles. The molecule has 2 heterocycles. The van der Waals surface area contributed by atoms with Gasteiger partial charge in [0.25, 0.3) is 0 Å². The molecule has 1 aromatic rings. The van der Waals surface area contributed by atoms with Gasteiger partial charge in [-0.05, 0) is 25.4 Å². The van der Waals surface area contributed by atoms with Crippen LogP contribution in [0.1, 0.15) is 13.3 Å². The third kappa shape index (κ3) is 2.31. The van der Waals surface area contributed by atoms with Crippen LogP contribution in [0.15, 0.2) is 12.4 Å². The minimum atomic E-state index is 0.784. The average molecular weight is 208 g/mol. The number of imidazole rings is 1. The van der Waals surface area contributed by atoms with E-state index >= 15 is 0 Å². The van der Waals surface area contributed by atoms with Crippen molar-refractivity contribution in [1.82, 2.24) is 14.5 Å². The van der Waals surface area contributed by atoms with E-state index in [0.29, 0.717) is 0 Å². The van der Waals surface area contributed by atoms with Gasteiger partial charge in [0.1, 0.15) is 0 Å². The molecule has 0 saturated carbocycles. The zero-order valence-corrected chi connectivity index (χ0v) is 9.61. The molecule has 1 atom stereocenters. The zero-order valence-electron chi connectivity index (χ0n) is 9.61. The summed E-state index contributed by atoms with van der Waals surface area (Å²) in [7, 11) is 1.92. The number of aromatic nitrogens is 2. The molecule has 4 heteroatoms. The Bertz CT molecular complexity index is 307. The summed E-state index contributed by atoms with van der Waals surface area (Å²) in [5, 5.41) is 3.11. The van der Waals surface area contributed by atoms with E-state index in [-0.39, 0.29) is 0 Å². The third-order valence-electron chi connectivity index (χ3n) is 3.21. The predicted molar refractivity (Wildman–Crippen MR) is 62.0 cm³/mol. The van der Waals surface area contributed by atoms with E-state index in [1.165, 1.54) is 26.1 Å². The van der Waals surface area contributed by atoms with Crippen molar-refractivity contribution in [3.8, 4) is 0 Å². The van der Waals surface area contributed by atoms with Gasteiger partial charge in [-0.15, -0.1) is 0 Å². The molecular weight excluding hydrogens is 188 g/mol. The van der Waals surface area contributed by atoms with Crippen molar-refractivity contribution in [2.75, 3.05) is 32.0 Å². The SMILES string of the molecule is CCN1CCC(Cn2ccnc2NC)C1. The number of hydrogen-bond acceptors (Lipinski definition) is 3. The smallest absolute Gasteiger partial charge is 0.202 e. The summed E-state index contributed by atoms with van der Waals surface area (Å²) in [5.41, 5.74) is 0. The summed E-state index contributed by atoms with van der Waals surface area (Å²) >= 11 is 0. The highest BCUT2D eigenvalue weighted by molar-refractivity contribution is 5.24. The Labute approximate surface area is 91.3 Å². The van der Waals surface area contributed by atoms with Gasteiger partial charge in [-0.25, -0.2) is 4.98 Å². The fourth-order valence-corrected chi connectivity index (χ4v) is 2.31. The molecule has 1 aliphatic heterocycles. The van der Waals surface area contributed by atoms with E-state index in [9.17, 15) is 0 Å². The zero-order chi connectivity index (χ0) is 10.7. The first kappa shape index (κ1) is 10.5. The first-order valence-corrected chi connectivity index (χ1v) is 5.74. The molecule has 0 amide bonds. The Kier molecular flexibility index (Phi) is 3.26. The molecule has 0 radical (unpaired) electrons. The Morgan fingerprint density at radius 2 is 2.47 bits per heavy atom. The highest BCUT2D eigenvalue weighted by atomic mass is 15.2. The second kappa shape index (κ2) is 4.66. The summed E-state index contributed by atoms with van der Waals surface area (Å²) < 4.78 is 2.21. The maximum Gasteiger partial charge on any atom is 0.202 e. The lowest BCUT2D eigenvalue weighted by Crippen LogP contribution is -2.21. The van der Waals surface area contributed by atoms with Crippen LogP contribution < -0.4 is 5.32 Å². The first-order valence-electron chi connectivity index (χ1n) is 5.74. The van der Waals surface area contributed by atoms with E-state index in [0.717, 1.165) is 18.4 Å². The van der Waals surface area contributed by atoms with Crippen LogP contribution in [0.2, 0.25) is 0 Å². The molecule has 1 saturated heterocycles. The molecule has 1 N–H and O–H groups in total. The summed E-state index contributed by atoms with van der Waals surface area (Å²) in [6.07, 6.45) is 5.23. The second-order valence-corrected chi connectivity index (χ2v) is 4.20. The Morgan fingerprint density at radius 1 is 1.60 bits per heavy atom. The van der Waals surface area contributed by atoms with Crippen molar-refractivity contribution < 1.29 is 0 Å². The molecule has 0 aromatic carbocycles. The summed E-state index contributed by atoms with van der Waals surface area (Å²) in [5.74, 6) is 1.76. The topological polar surface area (TPSA) is 33.1 Å². The summed E-state index contributed by atoms with van der Waals surface area (Å²) in [4.78, 5) is 6.77. The van der Waals surface area contributed by atoms with Crippen molar-refractivity contribution in [3.05, 3.63) is 12.4 Å². The van der Waals surface area contributed by atoms with Crippen LogP contribution in [0.3, 0.4) is 0 Å². The number of rotatable bonds is 4. The molecule has 0 aliphatic carbocycles. The molecule has 0 bridgehead atoms. The lowest BCUT2D eigenvalue weighted by atomic mass is 10.1. The minimum absolute atomic E-state index is 0.784. The molecule has 1 aliphatic rings. The van der Waals surface area contributed by atoms with Gasteiger partial charge >= 0.3 is 0 Å². The summed E-state index contributed by atoms with van der Waals surface area (Å²) in [6, 6.07) is 0. The van der Waals surface area contributed by atoms with Gasteiger partial charge in [-0.2, -0.15) is 0 Å². The predicted octanol–water partition coefficient (Wildman–Crippen LogP) is 1.27. The largest absolute Gasteiger partial charge is 0.359 e. The van der Waals surface area contributed by atoms with Crippen LogP contribution in [0.25, 0.3) is 0 Å². The van der Waals surface area contributed by atoms with E-state index in [1.807, 2.05) is 13.2 Å². The van der Waals surface area contributed by atoms with Crippen molar-refractivity contribution >= 4 is 5.95 Å². The number of likely N-dealkylation sites (tertiary alicyclic amines) is 1. The Balaban J connectivity index is 1.92.